The van der Waals surface area contributed by atoms with Crippen LogP contribution in [0.25, 0.3) is 0 Å². The van der Waals surface area contributed by atoms with E-state index in [-0.39, 0.29) is 6.04 Å². The van der Waals surface area contributed by atoms with Crippen molar-refractivity contribution in [3.05, 3.63) is 41.7 Å². The Balaban J connectivity index is 2.15. The third-order valence-electron chi connectivity index (χ3n) is 3.09. The van der Waals surface area contributed by atoms with E-state index >= 15 is 0 Å². The number of hydrogen-bond donors (Lipinski definition) is 2. The van der Waals surface area contributed by atoms with E-state index < -0.39 is 0 Å². The lowest BCUT2D eigenvalue weighted by molar-refractivity contribution is 0.824. The third kappa shape index (κ3) is 2.64. The van der Waals surface area contributed by atoms with Gasteiger partial charge in [-0.1, -0.05) is 0 Å². The lowest BCUT2D eigenvalue weighted by atomic mass is 10.1. The highest BCUT2D eigenvalue weighted by Gasteiger charge is 2.08. The molecule has 1 unspecified atom stereocenters. The van der Waals surface area contributed by atoms with E-state index in [0.717, 1.165) is 11.4 Å². The molecule has 0 fully saturated rings. The molecule has 1 atom stereocenters. The summed E-state index contributed by atoms with van der Waals surface area (Å²) in [5.41, 5.74) is 4.70. The number of benzene rings is 1. The zero-order valence-corrected chi connectivity index (χ0v) is 11.4. The van der Waals surface area contributed by atoms with Crippen molar-refractivity contribution in [1.29, 1.82) is 0 Å². The molecule has 1 aromatic carbocycles. The van der Waals surface area contributed by atoms with E-state index in [2.05, 4.69) is 66.6 Å². The second kappa shape index (κ2) is 5.12. The maximum Gasteiger partial charge on any atom is 0.0651 e. The number of aromatic nitrogens is 2. The molecule has 0 aliphatic rings. The Morgan fingerprint density at radius 2 is 2.06 bits per heavy atom. The fourth-order valence-corrected chi connectivity index (χ4v) is 1.91. The molecule has 1 heterocycles. The molecule has 18 heavy (non-hydrogen) atoms. The molecule has 1 aromatic heterocycles. The Hall–Kier alpha value is -1.97. The average molecular weight is 244 g/mol. The third-order valence-corrected chi connectivity index (χ3v) is 3.09. The first-order valence-electron chi connectivity index (χ1n) is 6.11. The summed E-state index contributed by atoms with van der Waals surface area (Å²) in [6.45, 7) is 4.24. The van der Waals surface area contributed by atoms with Gasteiger partial charge in [-0.05, 0) is 43.7 Å². The molecule has 2 N–H and O–H groups in total. The average Bonchev–Trinajstić information content (AvgIpc) is 2.85. The molecule has 0 amide bonds. The van der Waals surface area contributed by atoms with Gasteiger partial charge in [-0.25, -0.2) is 0 Å². The van der Waals surface area contributed by atoms with Gasteiger partial charge in [-0.15, -0.1) is 0 Å². The van der Waals surface area contributed by atoms with E-state index in [1.165, 1.54) is 11.3 Å². The molecule has 0 spiro atoms. The number of aromatic amines is 1. The normalized spacial score (nSPS) is 12.2. The molecule has 0 bridgehead atoms. The lowest BCUT2D eigenvalue weighted by Crippen LogP contribution is -2.11. The van der Waals surface area contributed by atoms with Crippen molar-refractivity contribution < 1.29 is 0 Å². The summed E-state index contributed by atoms with van der Waals surface area (Å²) >= 11 is 0. The van der Waals surface area contributed by atoms with Gasteiger partial charge >= 0.3 is 0 Å². The quantitative estimate of drug-likeness (QED) is 0.869. The fraction of sp³-hybridized carbons (Fsp3) is 0.357. The largest absolute Gasteiger partial charge is 0.378 e. The van der Waals surface area contributed by atoms with Gasteiger partial charge in [-0.2, -0.15) is 5.10 Å². The maximum atomic E-state index is 3.97. The minimum atomic E-state index is 0.219. The number of hydrogen-bond acceptors (Lipinski definition) is 3. The van der Waals surface area contributed by atoms with E-state index in [9.17, 15) is 0 Å². The molecule has 4 heteroatoms. The van der Waals surface area contributed by atoms with E-state index in [0.29, 0.717) is 0 Å². The van der Waals surface area contributed by atoms with Gasteiger partial charge in [0.2, 0.25) is 0 Å². The molecule has 4 nitrogen and oxygen atoms in total. The van der Waals surface area contributed by atoms with Crippen LogP contribution in [0.2, 0.25) is 0 Å². The van der Waals surface area contributed by atoms with Crippen molar-refractivity contribution in [3.63, 3.8) is 0 Å². The van der Waals surface area contributed by atoms with E-state index in [1.54, 1.807) is 6.20 Å². The van der Waals surface area contributed by atoms with Gasteiger partial charge in [0, 0.05) is 31.7 Å². The Labute approximate surface area is 108 Å². The van der Waals surface area contributed by atoms with Crippen LogP contribution in [0.15, 0.2) is 30.5 Å². The molecular formula is C14H20N4. The molecule has 2 rings (SSSR count). The summed E-state index contributed by atoms with van der Waals surface area (Å²) in [6.07, 6.45) is 1.77. The first-order valence-corrected chi connectivity index (χ1v) is 6.11. The van der Waals surface area contributed by atoms with Crippen LogP contribution in [0.4, 0.5) is 11.4 Å². The smallest absolute Gasteiger partial charge is 0.0651 e. The number of nitrogens with one attached hydrogen (secondary N) is 2. The Kier molecular flexibility index (Phi) is 3.55. The van der Waals surface area contributed by atoms with Crippen molar-refractivity contribution in [2.45, 2.75) is 19.9 Å². The van der Waals surface area contributed by atoms with Gasteiger partial charge in [0.1, 0.15) is 0 Å². The number of rotatable bonds is 4. The Morgan fingerprint density at radius 1 is 1.28 bits per heavy atom. The van der Waals surface area contributed by atoms with Crippen LogP contribution >= 0.6 is 0 Å². The molecule has 0 saturated carbocycles. The lowest BCUT2D eigenvalue weighted by Gasteiger charge is -2.18. The van der Waals surface area contributed by atoms with Crippen LogP contribution in [0, 0.1) is 6.92 Å². The number of aryl methyl sites for hydroxylation is 1. The van der Waals surface area contributed by atoms with Gasteiger partial charge < -0.3 is 10.2 Å². The van der Waals surface area contributed by atoms with Gasteiger partial charge in [0.25, 0.3) is 0 Å². The molecular weight excluding hydrogens is 224 g/mol. The van der Waals surface area contributed by atoms with Crippen LogP contribution in [-0.2, 0) is 0 Å². The highest BCUT2D eigenvalue weighted by molar-refractivity contribution is 5.60. The van der Waals surface area contributed by atoms with Crippen LogP contribution in [0.5, 0.6) is 0 Å². The Morgan fingerprint density at radius 3 is 2.61 bits per heavy atom. The van der Waals surface area contributed by atoms with Crippen LogP contribution in [0.3, 0.4) is 0 Å². The zero-order valence-electron chi connectivity index (χ0n) is 11.4. The molecule has 2 aromatic rings. The zero-order chi connectivity index (χ0) is 13.1. The maximum absolute atomic E-state index is 3.97. The van der Waals surface area contributed by atoms with E-state index in [4.69, 9.17) is 0 Å². The molecule has 96 valence electrons. The van der Waals surface area contributed by atoms with Crippen molar-refractivity contribution >= 4 is 11.4 Å². The van der Waals surface area contributed by atoms with Gasteiger partial charge in [0.05, 0.1) is 11.7 Å². The predicted octanol–water partition coefficient (Wildman–Crippen LogP) is 2.96. The molecule has 0 saturated heterocycles. The summed E-state index contributed by atoms with van der Waals surface area (Å²) in [5.74, 6) is 0. The predicted molar refractivity (Wildman–Crippen MR) is 76.1 cm³/mol. The monoisotopic (exact) mass is 244 g/mol. The van der Waals surface area contributed by atoms with Crippen molar-refractivity contribution in [3.8, 4) is 0 Å². The highest BCUT2D eigenvalue weighted by Crippen LogP contribution is 2.24. The summed E-state index contributed by atoms with van der Waals surface area (Å²) in [7, 11) is 4.10. The second-order valence-corrected chi connectivity index (χ2v) is 4.77. The van der Waals surface area contributed by atoms with Crippen LogP contribution in [0.1, 0.15) is 24.2 Å². The van der Waals surface area contributed by atoms with Crippen molar-refractivity contribution in [2.24, 2.45) is 0 Å². The van der Waals surface area contributed by atoms with Crippen molar-refractivity contribution in [2.75, 3.05) is 24.3 Å². The van der Waals surface area contributed by atoms with Gasteiger partial charge in [0.15, 0.2) is 0 Å². The highest BCUT2D eigenvalue weighted by atomic mass is 15.1. The number of anilines is 2. The minimum absolute atomic E-state index is 0.219. The minimum Gasteiger partial charge on any atom is -0.378 e. The van der Waals surface area contributed by atoms with E-state index in [1.807, 2.05) is 6.07 Å². The summed E-state index contributed by atoms with van der Waals surface area (Å²) < 4.78 is 0. The van der Waals surface area contributed by atoms with Crippen molar-refractivity contribution in [1.82, 2.24) is 10.2 Å². The summed E-state index contributed by atoms with van der Waals surface area (Å²) in [6, 6.07) is 8.63. The first-order chi connectivity index (χ1) is 8.58. The Bertz CT molecular complexity index is 503. The molecule has 0 aliphatic heterocycles. The summed E-state index contributed by atoms with van der Waals surface area (Å²) in [4.78, 5) is 2.11. The van der Waals surface area contributed by atoms with Crippen LogP contribution < -0.4 is 10.2 Å². The summed E-state index contributed by atoms with van der Waals surface area (Å²) in [5, 5.41) is 10.4. The number of H-pyrrole nitrogens is 1. The SMILES string of the molecule is Cc1cc(N(C)C)ccc1NC(C)c1ccn[nH]1. The van der Waals surface area contributed by atoms with Gasteiger partial charge in [-0.3, -0.25) is 5.10 Å². The topological polar surface area (TPSA) is 44.0 Å². The first kappa shape index (κ1) is 12.5. The van der Waals surface area contributed by atoms with Crippen LogP contribution in [-0.4, -0.2) is 24.3 Å². The standard InChI is InChI=1S/C14H20N4/c1-10-9-12(18(3)4)5-6-13(10)16-11(2)14-7-8-15-17-14/h5-9,11,16H,1-4H3,(H,15,17). The molecule has 0 aliphatic carbocycles. The number of nitrogens with zero attached hydrogens (tertiary/aromatic N) is 2. The molecule has 0 radical (unpaired) electrons. The fourth-order valence-electron chi connectivity index (χ4n) is 1.91. The second-order valence-electron chi connectivity index (χ2n) is 4.77.